The van der Waals surface area contributed by atoms with Crippen LogP contribution < -0.4 is 5.32 Å². The van der Waals surface area contributed by atoms with Crippen molar-refractivity contribution in [3.8, 4) is 0 Å². The molecule has 2 aromatic rings. The summed E-state index contributed by atoms with van der Waals surface area (Å²) in [6.45, 7) is 2.44. The molecule has 0 bridgehead atoms. The summed E-state index contributed by atoms with van der Waals surface area (Å²) in [5, 5.41) is 7.90. The normalized spacial score (nSPS) is 12.6. The fourth-order valence-corrected chi connectivity index (χ4v) is 2.32. The standard InChI is InChI=1S/C14H17ClFN3/c1-3-14(17-2)10-7-18-19(8-10)9-11-12(15)5-4-6-13(11)16/h4-8,14,17H,3,9H2,1-2H3. The molecule has 3 nitrogen and oxygen atoms in total. The molecule has 2 rings (SSSR count). The van der Waals surface area contributed by atoms with Crippen molar-refractivity contribution in [1.29, 1.82) is 0 Å². The second kappa shape index (κ2) is 6.17. The van der Waals surface area contributed by atoms with E-state index in [0.29, 0.717) is 17.1 Å². The molecule has 102 valence electrons. The van der Waals surface area contributed by atoms with Gasteiger partial charge in [-0.15, -0.1) is 0 Å². The highest BCUT2D eigenvalue weighted by atomic mass is 35.5. The number of benzene rings is 1. The molecule has 1 unspecified atom stereocenters. The van der Waals surface area contributed by atoms with E-state index in [1.807, 2.05) is 13.2 Å². The molecule has 1 N–H and O–H groups in total. The molecule has 0 radical (unpaired) electrons. The smallest absolute Gasteiger partial charge is 0.129 e. The van der Waals surface area contributed by atoms with Gasteiger partial charge in [0, 0.05) is 28.4 Å². The van der Waals surface area contributed by atoms with Gasteiger partial charge in [-0.3, -0.25) is 4.68 Å². The van der Waals surface area contributed by atoms with Gasteiger partial charge in [0.2, 0.25) is 0 Å². The molecule has 19 heavy (non-hydrogen) atoms. The van der Waals surface area contributed by atoms with Crippen LogP contribution in [-0.2, 0) is 6.54 Å². The van der Waals surface area contributed by atoms with E-state index in [4.69, 9.17) is 11.6 Å². The van der Waals surface area contributed by atoms with Gasteiger partial charge in [0.25, 0.3) is 0 Å². The molecule has 0 saturated carbocycles. The predicted molar refractivity (Wildman–Crippen MR) is 74.8 cm³/mol. The maximum Gasteiger partial charge on any atom is 0.129 e. The van der Waals surface area contributed by atoms with Crippen molar-refractivity contribution in [2.24, 2.45) is 0 Å². The van der Waals surface area contributed by atoms with Gasteiger partial charge in [0.05, 0.1) is 12.7 Å². The average molecular weight is 282 g/mol. The first-order valence-electron chi connectivity index (χ1n) is 6.28. The Morgan fingerprint density at radius 1 is 1.47 bits per heavy atom. The lowest BCUT2D eigenvalue weighted by molar-refractivity contribution is 0.571. The van der Waals surface area contributed by atoms with E-state index in [2.05, 4.69) is 17.3 Å². The topological polar surface area (TPSA) is 29.9 Å². The van der Waals surface area contributed by atoms with Crippen molar-refractivity contribution < 1.29 is 4.39 Å². The first kappa shape index (κ1) is 14.0. The van der Waals surface area contributed by atoms with E-state index in [0.717, 1.165) is 12.0 Å². The van der Waals surface area contributed by atoms with Crippen LogP contribution in [0.15, 0.2) is 30.6 Å². The number of halogens is 2. The Balaban J connectivity index is 2.20. The second-order valence-corrected chi connectivity index (χ2v) is 4.83. The summed E-state index contributed by atoms with van der Waals surface area (Å²) >= 11 is 6.01. The molecule has 1 heterocycles. The SMILES string of the molecule is CCC(NC)c1cnn(Cc2c(F)cccc2Cl)c1. The highest BCUT2D eigenvalue weighted by Crippen LogP contribution is 2.21. The lowest BCUT2D eigenvalue weighted by Crippen LogP contribution is -2.14. The largest absolute Gasteiger partial charge is 0.313 e. The van der Waals surface area contributed by atoms with Gasteiger partial charge in [0.1, 0.15) is 5.82 Å². The highest BCUT2D eigenvalue weighted by Gasteiger charge is 2.11. The molecule has 1 aromatic heterocycles. The summed E-state index contributed by atoms with van der Waals surface area (Å²) in [6.07, 6.45) is 4.70. The third kappa shape index (κ3) is 3.14. The van der Waals surface area contributed by atoms with Crippen molar-refractivity contribution in [3.05, 3.63) is 52.6 Å². The van der Waals surface area contributed by atoms with Crippen LogP contribution in [0.25, 0.3) is 0 Å². The van der Waals surface area contributed by atoms with Crippen molar-refractivity contribution in [3.63, 3.8) is 0 Å². The lowest BCUT2D eigenvalue weighted by Gasteiger charge is -2.10. The van der Waals surface area contributed by atoms with Gasteiger partial charge in [-0.1, -0.05) is 24.6 Å². The second-order valence-electron chi connectivity index (χ2n) is 4.42. The number of hydrogen-bond acceptors (Lipinski definition) is 2. The van der Waals surface area contributed by atoms with Gasteiger partial charge in [0.15, 0.2) is 0 Å². The predicted octanol–water partition coefficient (Wildman–Crippen LogP) is 3.39. The zero-order valence-electron chi connectivity index (χ0n) is 11.0. The number of aromatic nitrogens is 2. The molecular formula is C14H17ClFN3. The Kier molecular flexibility index (Phi) is 4.56. The molecule has 0 spiro atoms. The summed E-state index contributed by atoms with van der Waals surface area (Å²) < 4.78 is 15.4. The van der Waals surface area contributed by atoms with Crippen molar-refractivity contribution in [2.45, 2.75) is 25.9 Å². The zero-order valence-corrected chi connectivity index (χ0v) is 11.8. The fraction of sp³-hybridized carbons (Fsp3) is 0.357. The van der Waals surface area contributed by atoms with Crippen molar-refractivity contribution >= 4 is 11.6 Å². The van der Waals surface area contributed by atoms with E-state index in [9.17, 15) is 4.39 Å². The summed E-state index contributed by atoms with van der Waals surface area (Å²) in [5.41, 5.74) is 1.56. The Morgan fingerprint density at radius 2 is 2.26 bits per heavy atom. The van der Waals surface area contributed by atoms with Crippen LogP contribution in [0.1, 0.15) is 30.5 Å². The molecule has 0 saturated heterocycles. The molecule has 1 aromatic carbocycles. The van der Waals surface area contributed by atoms with Crippen LogP contribution in [-0.4, -0.2) is 16.8 Å². The fourth-order valence-electron chi connectivity index (χ4n) is 2.10. The molecule has 0 amide bonds. The van der Waals surface area contributed by atoms with E-state index < -0.39 is 0 Å². The summed E-state index contributed by atoms with van der Waals surface area (Å²) in [5.74, 6) is -0.301. The minimum absolute atomic E-state index is 0.268. The molecule has 0 aliphatic rings. The maximum atomic E-state index is 13.7. The third-order valence-corrected chi connectivity index (χ3v) is 3.55. The van der Waals surface area contributed by atoms with Crippen LogP contribution in [0.5, 0.6) is 0 Å². The Labute approximate surface area is 117 Å². The highest BCUT2D eigenvalue weighted by molar-refractivity contribution is 6.31. The summed E-state index contributed by atoms with van der Waals surface area (Å²) in [6, 6.07) is 4.97. The van der Waals surface area contributed by atoms with Gasteiger partial charge in [-0.2, -0.15) is 5.10 Å². The quantitative estimate of drug-likeness (QED) is 0.910. The molecule has 0 aliphatic heterocycles. The molecular weight excluding hydrogens is 265 g/mol. The molecule has 0 fully saturated rings. The zero-order chi connectivity index (χ0) is 13.8. The monoisotopic (exact) mass is 281 g/mol. The van der Waals surface area contributed by atoms with Crippen LogP contribution in [0, 0.1) is 5.82 Å². The van der Waals surface area contributed by atoms with Crippen molar-refractivity contribution in [2.75, 3.05) is 7.05 Å². The minimum atomic E-state index is -0.301. The van der Waals surface area contributed by atoms with Crippen LogP contribution in [0.3, 0.4) is 0 Å². The first-order chi connectivity index (χ1) is 9.15. The van der Waals surface area contributed by atoms with Crippen molar-refractivity contribution in [1.82, 2.24) is 15.1 Å². The minimum Gasteiger partial charge on any atom is -0.313 e. The third-order valence-electron chi connectivity index (χ3n) is 3.19. The molecule has 1 atom stereocenters. The van der Waals surface area contributed by atoms with Gasteiger partial charge >= 0.3 is 0 Å². The van der Waals surface area contributed by atoms with Crippen LogP contribution in [0.4, 0.5) is 4.39 Å². The summed E-state index contributed by atoms with van der Waals surface area (Å²) in [7, 11) is 1.92. The number of nitrogens with zero attached hydrogens (tertiary/aromatic N) is 2. The van der Waals surface area contributed by atoms with Gasteiger partial charge in [-0.25, -0.2) is 4.39 Å². The lowest BCUT2D eigenvalue weighted by atomic mass is 10.1. The first-order valence-corrected chi connectivity index (χ1v) is 6.66. The maximum absolute atomic E-state index is 13.7. The van der Waals surface area contributed by atoms with E-state index in [1.165, 1.54) is 6.07 Å². The Hall–Kier alpha value is -1.39. The number of nitrogens with one attached hydrogen (secondary N) is 1. The molecule has 0 aliphatic carbocycles. The molecule has 5 heteroatoms. The Morgan fingerprint density at radius 3 is 2.89 bits per heavy atom. The number of hydrogen-bond donors (Lipinski definition) is 1. The summed E-state index contributed by atoms with van der Waals surface area (Å²) in [4.78, 5) is 0. The van der Waals surface area contributed by atoms with Gasteiger partial charge in [-0.05, 0) is 25.6 Å². The van der Waals surface area contributed by atoms with E-state index in [-0.39, 0.29) is 11.9 Å². The number of rotatable bonds is 5. The van der Waals surface area contributed by atoms with E-state index >= 15 is 0 Å². The van der Waals surface area contributed by atoms with Crippen LogP contribution in [0.2, 0.25) is 5.02 Å². The average Bonchev–Trinajstić information content (AvgIpc) is 2.84. The van der Waals surface area contributed by atoms with E-state index in [1.54, 1.807) is 23.0 Å². The van der Waals surface area contributed by atoms with Crippen LogP contribution >= 0.6 is 11.6 Å². The van der Waals surface area contributed by atoms with Gasteiger partial charge < -0.3 is 5.32 Å². The Bertz CT molecular complexity index is 529.